The number of aromatic nitrogens is 2. The smallest absolute Gasteiger partial charge is 0.0876 e. The van der Waals surface area contributed by atoms with Gasteiger partial charge in [-0.3, -0.25) is 4.98 Å². The average molecular weight is 211 g/mol. The lowest BCUT2D eigenvalue weighted by Crippen LogP contribution is -1.89. The number of nitrogens with zero attached hydrogens (tertiary/aromatic N) is 2. The van der Waals surface area contributed by atoms with E-state index in [1.54, 1.807) is 0 Å². The molecule has 0 aromatic heterocycles. The zero-order valence-electron chi connectivity index (χ0n) is 6.08. The Morgan fingerprint density at radius 1 is 1.55 bits per heavy atom. The quantitative estimate of drug-likeness (QED) is 0.653. The maximum atomic E-state index is 4.21. The van der Waals surface area contributed by atoms with Crippen molar-refractivity contribution in [2.45, 2.75) is 0 Å². The molecule has 2 aliphatic heterocycles. The first-order chi connectivity index (χ1) is 5.27. The van der Waals surface area contributed by atoms with E-state index in [2.05, 4.69) is 20.9 Å². The van der Waals surface area contributed by atoms with E-state index in [1.807, 2.05) is 36.3 Å². The van der Waals surface area contributed by atoms with Crippen molar-refractivity contribution in [3.05, 3.63) is 29.1 Å². The van der Waals surface area contributed by atoms with Crippen LogP contribution in [0.5, 0.6) is 0 Å². The summed E-state index contributed by atoms with van der Waals surface area (Å²) in [5, 5.41) is 0. The second kappa shape index (κ2) is 2.34. The number of fused-ring (bicyclic) bond motifs is 1. The van der Waals surface area contributed by atoms with Crippen molar-refractivity contribution < 1.29 is 0 Å². The van der Waals surface area contributed by atoms with Gasteiger partial charge < -0.3 is 4.57 Å². The maximum absolute atomic E-state index is 4.21. The van der Waals surface area contributed by atoms with E-state index in [4.69, 9.17) is 0 Å². The first kappa shape index (κ1) is 6.85. The summed E-state index contributed by atoms with van der Waals surface area (Å²) >= 11 is 3.42. The summed E-state index contributed by atoms with van der Waals surface area (Å²) in [4.78, 5) is 4.21. The van der Waals surface area contributed by atoms with Gasteiger partial charge in [0.2, 0.25) is 0 Å². The minimum Gasteiger partial charge on any atom is -0.355 e. The van der Waals surface area contributed by atoms with Crippen LogP contribution < -0.4 is 0 Å². The Morgan fingerprint density at radius 3 is 3.18 bits per heavy atom. The molecule has 0 amide bonds. The van der Waals surface area contributed by atoms with Crippen LogP contribution in [0, 0.1) is 0 Å². The molecule has 2 nitrogen and oxygen atoms in total. The van der Waals surface area contributed by atoms with Crippen LogP contribution in [0.3, 0.4) is 0 Å². The van der Waals surface area contributed by atoms with E-state index in [9.17, 15) is 0 Å². The van der Waals surface area contributed by atoms with Crippen LogP contribution in [0.4, 0.5) is 0 Å². The van der Waals surface area contributed by atoms with E-state index in [-0.39, 0.29) is 0 Å². The van der Waals surface area contributed by atoms with Crippen molar-refractivity contribution in [2.75, 3.05) is 0 Å². The zero-order chi connectivity index (χ0) is 7.84. The average Bonchev–Trinajstić information content (AvgIpc) is 2.32. The lowest BCUT2D eigenvalue weighted by Gasteiger charge is -2.00. The Bertz CT molecular complexity index is 353. The molecule has 0 radical (unpaired) electrons. The van der Waals surface area contributed by atoms with Crippen molar-refractivity contribution in [1.82, 2.24) is 9.55 Å². The van der Waals surface area contributed by atoms with Gasteiger partial charge >= 0.3 is 0 Å². The molecular formula is C8H7BrN2. The topological polar surface area (TPSA) is 17.8 Å². The zero-order valence-corrected chi connectivity index (χ0v) is 7.67. The molecule has 0 bridgehead atoms. The first-order valence-electron chi connectivity index (χ1n) is 3.33. The van der Waals surface area contributed by atoms with Gasteiger partial charge in [0.25, 0.3) is 0 Å². The van der Waals surface area contributed by atoms with Gasteiger partial charge in [0.15, 0.2) is 0 Å². The summed E-state index contributed by atoms with van der Waals surface area (Å²) in [5.41, 5.74) is 2.20. The Morgan fingerprint density at radius 2 is 2.36 bits per heavy atom. The minimum atomic E-state index is 1.03. The van der Waals surface area contributed by atoms with Crippen molar-refractivity contribution in [3.8, 4) is 11.3 Å². The number of hydrogen-bond acceptors (Lipinski definition) is 1. The fourth-order valence-electron chi connectivity index (χ4n) is 1.08. The summed E-state index contributed by atoms with van der Waals surface area (Å²) in [7, 11) is 1.99. The van der Waals surface area contributed by atoms with E-state index < -0.39 is 0 Å². The number of pyridine rings is 1. The van der Waals surface area contributed by atoms with Crippen LogP contribution in [-0.4, -0.2) is 9.55 Å². The summed E-state index contributed by atoms with van der Waals surface area (Å²) < 4.78 is 3.05. The molecule has 0 aliphatic carbocycles. The summed E-state index contributed by atoms with van der Waals surface area (Å²) in [5.74, 6) is 0. The van der Waals surface area contributed by atoms with Gasteiger partial charge in [0.1, 0.15) is 0 Å². The highest BCUT2D eigenvalue weighted by molar-refractivity contribution is 9.10. The highest BCUT2D eigenvalue weighted by Gasteiger charge is 2.07. The SMILES string of the molecule is Cn1ccc2c(Br)cnc-2c1. The predicted octanol–water partition coefficient (Wildman–Crippen LogP) is 2.29. The van der Waals surface area contributed by atoms with E-state index >= 15 is 0 Å². The third-order valence-corrected chi connectivity index (χ3v) is 2.28. The number of hydrogen-bond donors (Lipinski definition) is 0. The lowest BCUT2D eigenvalue weighted by molar-refractivity contribution is 0.901. The van der Waals surface area contributed by atoms with Crippen LogP contribution in [0.2, 0.25) is 0 Å². The van der Waals surface area contributed by atoms with Gasteiger partial charge in [-0.1, -0.05) is 0 Å². The molecule has 0 aromatic rings. The molecule has 2 rings (SSSR count). The molecule has 0 saturated carbocycles. The molecule has 0 unspecified atom stereocenters. The van der Waals surface area contributed by atoms with Crippen molar-refractivity contribution in [2.24, 2.45) is 7.05 Å². The molecule has 0 saturated heterocycles. The predicted molar refractivity (Wildman–Crippen MR) is 47.5 cm³/mol. The Hall–Kier alpha value is -0.830. The third kappa shape index (κ3) is 1.05. The molecule has 3 heteroatoms. The van der Waals surface area contributed by atoms with Crippen molar-refractivity contribution in [3.63, 3.8) is 0 Å². The van der Waals surface area contributed by atoms with Gasteiger partial charge in [0.05, 0.1) is 5.69 Å². The van der Waals surface area contributed by atoms with Gasteiger partial charge in [0, 0.05) is 35.7 Å². The number of rotatable bonds is 0. The molecule has 11 heavy (non-hydrogen) atoms. The third-order valence-electron chi connectivity index (χ3n) is 1.65. The van der Waals surface area contributed by atoms with E-state index in [0.717, 1.165) is 10.2 Å². The molecule has 2 aliphatic rings. The molecule has 0 spiro atoms. The fraction of sp³-hybridized carbons (Fsp3) is 0.125. The Labute approximate surface area is 73.3 Å². The van der Waals surface area contributed by atoms with Gasteiger partial charge in [-0.2, -0.15) is 0 Å². The molecule has 0 fully saturated rings. The summed E-state index contributed by atoms with van der Waals surface area (Å²) in [6, 6.07) is 2.05. The Balaban J connectivity index is 2.74. The van der Waals surface area contributed by atoms with Crippen LogP contribution in [0.25, 0.3) is 11.3 Å². The first-order valence-corrected chi connectivity index (χ1v) is 4.13. The molecule has 56 valence electrons. The fourth-order valence-corrected chi connectivity index (χ4v) is 1.52. The van der Waals surface area contributed by atoms with Gasteiger partial charge in [-0.05, 0) is 22.0 Å². The Kier molecular flexibility index (Phi) is 1.46. The van der Waals surface area contributed by atoms with Crippen LogP contribution in [0.1, 0.15) is 0 Å². The standard InChI is InChI=1S/C8H7BrN2/c1-11-3-2-6-7(9)4-10-8(6)5-11/h2-5H,1H3. The highest BCUT2D eigenvalue weighted by atomic mass is 79.9. The summed E-state index contributed by atoms with van der Waals surface area (Å²) in [6.07, 6.45) is 5.83. The summed E-state index contributed by atoms with van der Waals surface area (Å²) in [6.45, 7) is 0. The van der Waals surface area contributed by atoms with Crippen molar-refractivity contribution >= 4 is 15.9 Å². The second-order valence-corrected chi connectivity index (χ2v) is 3.37. The molecule has 0 aromatic carbocycles. The molecule has 0 N–H and O–H groups in total. The monoisotopic (exact) mass is 210 g/mol. The number of aryl methyl sites for hydroxylation is 1. The maximum Gasteiger partial charge on any atom is 0.0876 e. The van der Waals surface area contributed by atoms with Crippen LogP contribution >= 0.6 is 15.9 Å². The van der Waals surface area contributed by atoms with Crippen LogP contribution in [0.15, 0.2) is 29.1 Å². The van der Waals surface area contributed by atoms with E-state index in [0.29, 0.717) is 0 Å². The van der Waals surface area contributed by atoms with Gasteiger partial charge in [-0.15, -0.1) is 0 Å². The molecule has 0 atom stereocenters. The largest absolute Gasteiger partial charge is 0.355 e. The molecular weight excluding hydrogens is 204 g/mol. The van der Waals surface area contributed by atoms with Crippen LogP contribution in [-0.2, 0) is 7.05 Å². The van der Waals surface area contributed by atoms with Gasteiger partial charge in [-0.25, -0.2) is 0 Å². The van der Waals surface area contributed by atoms with E-state index in [1.165, 1.54) is 5.56 Å². The molecule has 2 heterocycles. The normalized spacial score (nSPS) is 10.7. The number of halogens is 1. The minimum absolute atomic E-state index is 1.03. The highest BCUT2D eigenvalue weighted by Crippen LogP contribution is 2.28. The lowest BCUT2D eigenvalue weighted by atomic mass is 10.2. The van der Waals surface area contributed by atoms with Crippen molar-refractivity contribution in [1.29, 1.82) is 0 Å². The second-order valence-electron chi connectivity index (χ2n) is 2.52.